The van der Waals surface area contributed by atoms with Gasteiger partial charge in [0.15, 0.2) is 5.96 Å². The van der Waals surface area contributed by atoms with Crippen LogP contribution in [0, 0.1) is 0 Å². The van der Waals surface area contributed by atoms with E-state index in [-0.39, 0.29) is 0 Å². The molecule has 0 radical (unpaired) electrons. The Kier molecular flexibility index (Phi) is 6.34. The van der Waals surface area contributed by atoms with Gasteiger partial charge in [-0.1, -0.05) is 6.92 Å². The first-order valence-corrected chi connectivity index (χ1v) is 5.56. The zero-order chi connectivity index (χ0) is 11.1. The average Bonchev–Trinajstić information content (AvgIpc) is 2.14. The van der Waals surface area contributed by atoms with Crippen LogP contribution in [0.2, 0.25) is 0 Å². The van der Waals surface area contributed by atoms with E-state index in [2.05, 4.69) is 56.9 Å². The van der Waals surface area contributed by atoms with Crippen molar-refractivity contribution in [3.05, 3.63) is 0 Å². The van der Waals surface area contributed by atoms with Crippen LogP contribution >= 0.6 is 0 Å². The largest absolute Gasteiger partial charge is 0.354 e. The first-order chi connectivity index (χ1) is 6.52. The molecule has 14 heavy (non-hydrogen) atoms. The average molecular weight is 199 g/mol. The molecule has 0 bridgehead atoms. The van der Waals surface area contributed by atoms with Crippen molar-refractivity contribution >= 4 is 5.96 Å². The van der Waals surface area contributed by atoms with E-state index in [1.165, 1.54) is 0 Å². The monoisotopic (exact) mass is 199 g/mol. The zero-order valence-corrected chi connectivity index (χ0v) is 10.5. The fourth-order valence-electron chi connectivity index (χ4n) is 1.15. The summed E-state index contributed by atoms with van der Waals surface area (Å²) >= 11 is 0. The second-order valence-electron chi connectivity index (χ2n) is 3.97. The molecule has 0 amide bonds. The predicted octanol–water partition coefficient (Wildman–Crippen LogP) is 2.09. The SMILES string of the molecule is CCN=C(NC(C)C)N(C)C(C)CC. The molecule has 3 nitrogen and oxygen atoms in total. The highest BCUT2D eigenvalue weighted by atomic mass is 15.3. The van der Waals surface area contributed by atoms with E-state index in [1.54, 1.807) is 0 Å². The number of nitrogens with one attached hydrogen (secondary N) is 1. The summed E-state index contributed by atoms with van der Waals surface area (Å²) in [6.07, 6.45) is 1.14. The Morgan fingerprint density at radius 3 is 2.21 bits per heavy atom. The number of nitrogens with zero attached hydrogens (tertiary/aromatic N) is 2. The first kappa shape index (κ1) is 13.3. The molecule has 0 spiro atoms. The van der Waals surface area contributed by atoms with Crippen LogP contribution in [0.15, 0.2) is 4.99 Å². The lowest BCUT2D eigenvalue weighted by atomic mass is 10.2. The van der Waals surface area contributed by atoms with E-state index in [4.69, 9.17) is 0 Å². The Morgan fingerprint density at radius 1 is 1.29 bits per heavy atom. The Bertz CT molecular complexity index is 175. The molecule has 84 valence electrons. The van der Waals surface area contributed by atoms with Gasteiger partial charge in [-0.15, -0.1) is 0 Å². The maximum Gasteiger partial charge on any atom is 0.194 e. The van der Waals surface area contributed by atoms with Gasteiger partial charge in [0.05, 0.1) is 0 Å². The standard InChI is InChI=1S/C11H25N3/c1-7-10(5)14(6)11(12-8-2)13-9(3)4/h9-10H,7-8H2,1-6H3,(H,12,13). The lowest BCUT2D eigenvalue weighted by Gasteiger charge is -2.29. The Balaban J connectivity index is 4.41. The quantitative estimate of drug-likeness (QED) is 0.554. The van der Waals surface area contributed by atoms with Gasteiger partial charge >= 0.3 is 0 Å². The van der Waals surface area contributed by atoms with E-state index in [9.17, 15) is 0 Å². The van der Waals surface area contributed by atoms with Crippen molar-refractivity contribution in [2.75, 3.05) is 13.6 Å². The fourth-order valence-corrected chi connectivity index (χ4v) is 1.15. The summed E-state index contributed by atoms with van der Waals surface area (Å²) in [4.78, 5) is 6.68. The normalized spacial score (nSPS) is 14.4. The maximum atomic E-state index is 4.46. The highest BCUT2D eigenvalue weighted by molar-refractivity contribution is 5.80. The Morgan fingerprint density at radius 2 is 1.86 bits per heavy atom. The van der Waals surface area contributed by atoms with Crippen LogP contribution < -0.4 is 5.32 Å². The molecule has 0 aromatic carbocycles. The van der Waals surface area contributed by atoms with Gasteiger partial charge in [0.25, 0.3) is 0 Å². The molecule has 0 saturated heterocycles. The molecule has 0 aliphatic rings. The molecule has 0 aromatic heterocycles. The number of aliphatic imine (C=N–C) groups is 1. The van der Waals surface area contributed by atoms with Crippen molar-refractivity contribution in [2.45, 2.75) is 53.1 Å². The first-order valence-electron chi connectivity index (χ1n) is 5.56. The highest BCUT2D eigenvalue weighted by Crippen LogP contribution is 2.01. The Labute approximate surface area is 88.6 Å². The van der Waals surface area contributed by atoms with Gasteiger partial charge in [0.2, 0.25) is 0 Å². The molecule has 1 N–H and O–H groups in total. The molecular formula is C11H25N3. The summed E-state index contributed by atoms with van der Waals surface area (Å²) in [5.74, 6) is 1.01. The third-order valence-electron chi connectivity index (χ3n) is 2.31. The van der Waals surface area contributed by atoms with Crippen LogP contribution in [0.5, 0.6) is 0 Å². The highest BCUT2D eigenvalue weighted by Gasteiger charge is 2.12. The van der Waals surface area contributed by atoms with Gasteiger partial charge in [0, 0.05) is 25.7 Å². The van der Waals surface area contributed by atoms with Crippen molar-refractivity contribution < 1.29 is 0 Å². The number of rotatable bonds is 4. The minimum Gasteiger partial charge on any atom is -0.354 e. The van der Waals surface area contributed by atoms with Crippen LogP contribution in [-0.2, 0) is 0 Å². The second-order valence-corrected chi connectivity index (χ2v) is 3.97. The molecule has 0 fully saturated rings. The van der Waals surface area contributed by atoms with E-state index >= 15 is 0 Å². The third kappa shape index (κ3) is 4.49. The molecule has 0 rings (SSSR count). The van der Waals surface area contributed by atoms with Crippen LogP contribution in [0.25, 0.3) is 0 Å². The van der Waals surface area contributed by atoms with Gasteiger partial charge in [-0.05, 0) is 34.1 Å². The van der Waals surface area contributed by atoms with Crippen LogP contribution in [-0.4, -0.2) is 36.5 Å². The van der Waals surface area contributed by atoms with Gasteiger partial charge in [-0.3, -0.25) is 4.99 Å². The molecule has 0 aliphatic heterocycles. The smallest absolute Gasteiger partial charge is 0.194 e. The molecule has 0 aromatic rings. The molecular weight excluding hydrogens is 174 g/mol. The molecule has 0 saturated carbocycles. The molecule has 1 atom stereocenters. The summed E-state index contributed by atoms with van der Waals surface area (Å²) in [5, 5.41) is 3.37. The molecule has 0 aliphatic carbocycles. The number of hydrogen-bond donors (Lipinski definition) is 1. The Hall–Kier alpha value is -0.730. The maximum absolute atomic E-state index is 4.46. The summed E-state index contributed by atoms with van der Waals surface area (Å²) in [6, 6.07) is 0.971. The molecule has 1 unspecified atom stereocenters. The summed E-state index contributed by atoms with van der Waals surface area (Å²) in [6.45, 7) is 11.6. The van der Waals surface area contributed by atoms with Crippen LogP contribution in [0.4, 0.5) is 0 Å². The van der Waals surface area contributed by atoms with Gasteiger partial charge in [-0.2, -0.15) is 0 Å². The van der Waals surface area contributed by atoms with E-state index in [1.807, 2.05) is 0 Å². The van der Waals surface area contributed by atoms with Crippen molar-refractivity contribution in [1.82, 2.24) is 10.2 Å². The summed E-state index contributed by atoms with van der Waals surface area (Å²) in [7, 11) is 2.10. The number of guanidine groups is 1. The lowest BCUT2D eigenvalue weighted by molar-refractivity contribution is 0.363. The van der Waals surface area contributed by atoms with Crippen LogP contribution in [0.3, 0.4) is 0 Å². The minimum absolute atomic E-state index is 0.437. The summed E-state index contributed by atoms with van der Waals surface area (Å²) in [5.41, 5.74) is 0. The molecule has 0 heterocycles. The van der Waals surface area contributed by atoms with Crippen LogP contribution in [0.1, 0.15) is 41.0 Å². The van der Waals surface area contributed by atoms with Gasteiger partial charge < -0.3 is 10.2 Å². The lowest BCUT2D eigenvalue weighted by Crippen LogP contribution is -2.46. The number of hydrogen-bond acceptors (Lipinski definition) is 1. The minimum atomic E-state index is 0.437. The van der Waals surface area contributed by atoms with Gasteiger partial charge in [-0.25, -0.2) is 0 Å². The van der Waals surface area contributed by atoms with Crippen molar-refractivity contribution in [1.29, 1.82) is 0 Å². The zero-order valence-electron chi connectivity index (χ0n) is 10.5. The summed E-state index contributed by atoms with van der Waals surface area (Å²) < 4.78 is 0. The van der Waals surface area contributed by atoms with Crippen molar-refractivity contribution in [2.24, 2.45) is 4.99 Å². The van der Waals surface area contributed by atoms with E-state index in [0.717, 1.165) is 18.9 Å². The fraction of sp³-hybridized carbons (Fsp3) is 0.909. The topological polar surface area (TPSA) is 27.6 Å². The third-order valence-corrected chi connectivity index (χ3v) is 2.31. The van der Waals surface area contributed by atoms with E-state index < -0.39 is 0 Å². The van der Waals surface area contributed by atoms with Gasteiger partial charge in [0.1, 0.15) is 0 Å². The van der Waals surface area contributed by atoms with E-state index in [0.29, 0.717) is 12.1 Å². The predicted molar refractivity (Wildman–Crippen MR) is 63.8 cm³/mol. The van der Waals surface area contributed by atoms with Crippen molar-refractivity contribution in [3.63, 3.8) is 0 Å². The second kappa shape index (κ2) is 6.68. The van der Waals surface area contributed by atoms with Crippen molar-refractivity contribution in [3.8, 4) is 0 Å². The molecule has 3 heteroatoms.